The Balaban J connectivity index is 3.05. The average molecular weight is 353 g/mol. The van der Waals surface area contributed by atoms with Gasteiger partial charge in [0.2, 0.25) is 0 Å². The van der Waals surface area contributed by atoms with Crippen molar-refractivity contribution in [1.82, 2.24) is 4.90 Å². The van der Waals surface area contributed by atoms with E-state index in [2.05, 4.69) is 20.9 Å². The number of benzene rings is 1. The number of alkyl halides is 1. The zero-order valence-electron chi connectivity index (χ0n) is 9.82. The van der Waals surface area contributed by atoms with Crippen molar-refractivity contribution in [3.05, 3.63) is 33.8 Å². The van der Waals surface area contributed by atoms with E-state index in [4.69, 9.17) is 28.9 Å². The lowest BCUT2D eigenvalue weighted by Crippen LogP contribution is -2.31. The molecule has 0 bridgehead atoms. The summed E-state index contributed by atoms with van der Waals surface area (Å²) in [5.41, 5.74) is 6.06. The number of carbonyl (C=O) groups excluding carboxylic acids is 1. The molecule has 0 radical (unpaired) electrons. The molecule has 98 valence electrons. The standard InChI is InChI=1S/C11H12BrCl2N3O/c1-17(2)11(15)16-10(18)9(12)8-6(13)4-3-5-7(8)14/h3-5,9H,1-2H3,(H2,15,16,18). The molecule has 0 aliphatic carbocycles. The molecule has 1 aromatic carbocycles. The molecule has 2 N–H and O–H groups in total. The van der Waals surface area contributed by atoms with E-state index in [-0.39, 0.29) is 5.96 Å². The van der Waals surface area contributed by atoms with E-state index in [1.54, 1.807) is 32.3 Å². The number of carbonyl (C=O) groups is 1. The number of hydrogen-bond acceptors (Lipinski definition) is 1. The molecule has 0 spiro atoms. The van der Waals surface area contributed by atoms with Crippen LogP contribution in [0, 0.1) is 0 Å². The minimum absolute atomic E-state index is 0.118. The summed E-state index contributed by atoms with van der Waals surface area (Å²) in [6.07, 6.45) is 0. The van der Waals surface area contributed by atoms with E-state index in [1.807, 2.05) is 0 Å². The van der Waals surface area contributed by atoms with Gasteiger partial charge in [-0.3, -0.25) is 4.79 Å². The van der Waals surface area contributed by atoms with Gasteiger partial charge in [0.25, 0.3) is 5.91 Å². The largest absolute Gasteiger partial charge is 0.369 e. The van der Waals surface area contributed by atoms with E-state index < -0.39 is 10.7 Å². The van der Waals surface area contributed by atoms with Crippen LogP contribution < -0.4 is 5.73 Å². The fourth-order valence-corrected chi connectivity index (χ4v) is 2.62. The Morgan fingerprint density at radius 2 is 1.89 bits per heavy atom. The normalized spacial score (nSPS) is 13.3. The van der Waals surface area contributed by atoms with Crippen LogP contribution in [0.15, 0.2) is 23.2 Å². The minimum atomic E-state index is -0.725. The summed E-state index contributed by atoms with van der Waals surface area (Å²) in [4.78, 5) is 16.5. The molecule has 1 unspecified atom stereocenters. The SMILES string of the molecule is CN(C)/C(N)=N/C(=O)C(Br)c1c(Cl)cccc1Cl. The minimum Gasteiger partial charge on any atom is -0.369 e. The van der Waals surface area contributed by atoms with Gasteiger partial charge in [-0.1, -0.05) is 45.2 Å². The third-order valence-corrected chi connectivity index (χ3v) is 3.66. The van der Waals surface area contributed by atoms with Crippen LogP contribution in [0.1, 0.15) is 10.4 Å². The lowest BCUT2D eigenvalue weighted by atomic mass is 10.1. The Morgan fingerprint density at radius 1 is 1.39 bits per heavy atom. The number of rotatable bonds is 2. The maximum absolute atomic E-state index is 11.9. The Kier molecular flexibility index (Phi) is 5.44. The number of aliphatic imine (C=N–C) groups is 1. The van der Waals surface area contributed by atoms with Crippen molar-refractivity contribution in [2.45, 2.75) is 4.83 Å². The average Bonchev–Trinajstić information content (AvgIpc) is 2.28. The molecule has 0 aliphatic rings. The fraction of sp³-hybridized carbons (Fsp3) is 0.273. The first-order valence-electron chi connectivity index (χ1n) is 4.98. The molecule has 0 saturated heterocycles. The van der Waals surface area contributed by atoms with Gasteiger partial charge >= 0.3 is 0 Å². The van der Waals surface area contributed by atoms with E-state index in [0.29, 0.717) is 15.6 Å². The van der Waals surface area contributed by atoms with Crippen LogP contribution >= 0.6 is 39.1 Å². The molecule has 1 rings (SSSR count). The van der Waals surface area contributed by atoms with Gasteiger partial charge in [0.05, 0.1) is 0 Å². The first-order valence-corrected chi connectivity index (χ1v) is 6.65. The van der Waals surface area contributed by atoms with Gasteiger partial charge in [0, 0.05) is 29.7 Å². The van der Waals surface area contributed by atoms with Crippen molar-refractivity contribution >= 4 is 51.0 Å². The van der Waals surface area contributed by atoms with Gasteiger partial charge in [-0.05, 0) is 12.1 Å². The first kappa shape index (κ1) is 15.3. The van der Waals surface area contributed by atoms with Crippen LogP contribution in [0.5, 0.6) is 0 Å². The molecule has 0 fully saturated rings. The van der Waals surface area contributed by atoms with Crippen molar-refractivity contribution in [2.24, 2.45) is 10.7 Å². The molecular weight excluding hydrogens is 341 g/mol. The number of guanidine groups is 1. The summed E-state index contributed by atoms with van der Waals surface area (Å²) >= 11 is 15.3. The zero-order valence-corrected chi connectivity index (χ0v) is 12.9. The van der Waals surface area contributed by atoms with Crippen molar-refractivity contribution in [2.75, 3.05) is 14.1 Å². The Morgan fingerprint density at radius 3 is 2.33 bits per heavy atom. The second-order valence-electron chi connectivity index (χ2n) is 3.70. The number of hydrogen-bond donors (Lipinski definition) is 1. The van der Waals surface area contributed by atoms with Gasteiger partial charge in [-0.2, -0.15) is 4.99 Å². The Hall–Kier alpha value is -0.780. The van der Waals surface area contributed by atoms with Crippen molar-refractivity contribution in [1.29, 1.82) is 0 Å². The van der Waals surface area contributed by atoms with Crippen molar-refractivity contribution in [3.8, 4) is 0 Å². The summed E-state index contributed by atoms with van der Waals surface area (Å²) in [6, 6.07) is 5.02. The monoisotopic (exact) mass is 351 g/mol. The predicted octanol–water partition coefficient (Wildman–Crippen LogP) is 2.83. The summed E-state index contributed by atoms with van der Waals surface area (Å²) in [5.74, 6) is -0.344. The third kappa shape index (κ3) is 3.60. The Labute approximate surface area is 124 Å². The topological polar surface area (TPSA) is 58.7 Å². The maximum atomic E-state index is 11.9. The van der Waals surface area contributed by atoms with Crippen LogP contribution in [-0.2, 0) is 4.79 Å². The van der Waals surface area contributed by atoms with Crippen LogP contribution in [0.3, 0.4) is 0 Å². The maximum Gasteiger partial charge on any atom is 0.267 e. The molecule has 0 saturated carbocycles. The zero-order chi connectivity index (χ0) is 13.9. The number of halogens is 3. The van der Waals surface area contributed by atoms with Gasteiger partial charge in [-0.25, -0.2) is 0 Å². The molecule has 0 aliphatic heterocycles. The lowest BCUT2D eigenvalue weighted by Gasteiger charge is -2.13. The van der Waals surface area contributed by atoms with E-state index in [0.717, 1.165) is 0 Å². The van der Waals surface area contributed by atoms with Crippen LogP contribution in [-0.4, -0.2) is 30.9 Å². The summed E-state index contributed by atoms with van der Waals surface area (Å²) in [5, 5.41) is 0.799. The van der Waals surface area contributed by atoms with E-state index in [9.17, 15) is 4.79 Å². The van der Waals surface area contributed by atoms with E-state index >= 15 is 0 Å². The first-order chi connectivity index (χ1) is 8.34. The molecule has 0 aromatic heterocycles. The molecule has 0 heterocycles. The Bertz CT molecular complexity index is 471. The highest BCUT2D eigenvalue weighted by molar-refractivity contribution is 9.09. The molecule has 1 amide bonds. The van der Waals surface area contributed by atoms with Gasteiger partial charge in [0.1, 0.15) is 4.83 Å². The molecular formula is C11H12BrCl2N3O. The quantitative estimate of drug-likeness (QED) is 0.505. The molecule has 7 heteroatoms. The lowest BCUT2D eigenvalue weighted by molar-refractivity contribution is -0.117. The molecule has 4 nitrogen and oxygen atoms in total. The van der Waals surface area contributed by atoms with Crippen molar-refractivity contribution in [3.63, 3.8) is 0 Å². The van der Waals surface area contributed by atoms with Crippen LogP contribution in [0.4, 0.5) is 0 Å². The number of amides is 1. The number of nitrogens with two attached hydrogens (primary N) is 1. The van der Waals surface area contributed by atoms with E-state index in [1.165, 1.54) is 4.90 Å². The molecule has 1 atom stereocenters. The second kappa shape index (κ2) is 6.41. The molecule has 18 heavy (non-hydrogen) atoms. The number of nitrogens with zero attached hydrogens (tertiary/aromatic N) is 2. The molecule has 1 aromatic rings. The van der Waals surface area contributed by atoms with Gasteiger partial charge in [0.15, 0.2) is 5.96 Å². The predicted molar refractivity (Wildman–Crippen MR) is 78.4 cm³/mol. The third-order valence-electron chi connectivity index (χ3n) is 2.15. The fourth-order valence-electron chi connectivity index (χ4n) is 1.15. The summed E-state index contributed by atoms with van der Waals surface area (Å²) in [7, 11) is 3.38. The second-order valence-corrected chi connectivity index (χ2v) is 5.43. The highest BCUT2D eigenvalue weighted by Gasteiger charge is 2.22. The summed E-state index contributed by atoms with van der Waals surface area (Å²) < 4.78 is 0. The van der Waals surface area contributed by atoms with Crippen LogP contribution in [0.2, 0.25) is 10.0 Å². The van der Waals surface area contributed by atoms with Crippen LogP contribution in [0.25, 0.3) is 0 Å². The smallest absolute Gasteiger partial charge is 0.267 e. The van der Waals surface area contributed by atoms with Crippen molar-refractivity contribution < 1.29 is 4.79 Å². The highest BCUT2D eigenvalue weighted by atomic mass is 79.9. The van der Waals surface area contributed by atoms with Gasteiger partial charge < -0.3 is 10.6 Å². The van der Waals surface area contributed by atoms with Gasteiger partial charge in [-0.15, -0.1) is 0 Å². The highest BCUT2D eigenvalue weighted by Crippen LogP contribution is 2.35. The summed E-state index contributed by atoms with van der Waals surface area (Å²) in [6.45, 7) is 0.